The van der Waals surface area contributed by atoms with E-state index < -0.39 is 12.3 Å². The van der Waals surface area contributed by atoms with Gasteiger partial charge in [0.15, 0.2) is 5.78 Å². The number of aryl methyl sites for hydroxylation is 1. The number of allylic oxidation sites excluding steroid dienone is 1. The Labute approximate surface area is 224 Å². The Morgan fingerprint density at radius 1 is 1.05 bits per heavy atom. The van der Waals surface area contributed by atoms with Gasteiger partial charge in [0, 0.05) is 18.7 Å². The third-order valence-corrected chi connectivity index (χ3v) is 7.13. The van der Waals surface area contributed by atoms with Crippen LogP contribution >= 0.6 is 0 Å². The zero-order chi connectivity index (χ0) is 27.5. The van der Waals surface area contributed by atoms with Gasteiger partial charge in [-0.25, -0.2) is 9.37 Å². The second kappa shape index (κ2) is 11.1. The molecule has 5 nitrogen and oxygen atoms in total. The fourth-order valence-corrected chi connectivity index (χ4v) is 5.08. The maximum absolute atomic E-state index is 14.7. The quantitative estimate of drug-likeness (QED) is 0.249. The number of anilines is 1. The van der Waals surface area contributed by atoms with Crippen molar-refractivity contribution >= 4 is 34.5 Å². The summed E-state index contributed by atoms with van der Waals surface area (Å²) in [6, 6.07) is 18.0. The number of imidazole rings is 1. The van der Waals surface area contributed by atoms with E-state index in [4.69, 9.17) is 1.37 Å². The maximum Gasteiger partial charge on any atom is 0.230 e. The van der Waals surface area contributed by atoms with Gasteiger partial charge in [0.25, 0.3) is 0 Å². The lowest BCUT2D eigenvalue weighted by molar-refractivity contribution is -0.123. The van der Waals surface area contributed by atoms with Crippen molar-refractivity contribution in [3.8, 4) is 11.1 Å². The largest absolute Gasteiger partial charge is 0.334 e. The Bertz CT molecular complexity index is 1540. The summed E-state index contributed by atoms with van der Waals surface area (Å²) in [6.45, 7) is 0.367. The van der Waals surface area contributed by atoms with Crippen LogP contribution in [0.1, 0.15) is 51.5 Å². The number of aromatic nitrogens is 2. The molecule has 1 aliphatic carbocycles. The van der Waals surface area contributed by atoms with Crippen LogP contribution < -0.4 is 4.90 Å². The third kappa shape index (κ3) is 5.75. The molecule has 3 aromatic carbocycles. The first-order valence-electron chi connectivity index (χ1n) is 13.6. The molecule has 1 saturated carbocycles. The van der Waals surface area contributed by atoms with Crippen molar-refractivity contribution in [1.29, 1.82) is 0 Å². The van der Waals surface area contributed by atoms with Crippen molar-refractivity contribution in [3.05, 3.63) is 90.0 Å². The van der Waals surface area contributed by atoms with Gasteiger partial charge < -0.3 is 9.47 Å². The number of hydrogen-bond acceptors (Lipinski definition) is 3. The van der Waals surface area contributed by atoms with Crippen LogP contribution in [0.3, 0.4) is 0 Å². The van der Waals surface area contributed by atoms with E-state index in [-0.39, 0.29) is 17.6 Å². The second-order valence-corrected chi connectivity index (χ2v) is 10.0. The lowest BCUT2D eigenvalue weighted by atomic mass is 9.88. The van der Waals surface area contributed by atoms with Gasteiger partial charge >= 0.3 is 0 Å². The van der Waals surface area contributed by atoms with Crippen molar-refractivity contribution < 1.29 is 15.4 Å². The fraction of sp³-hybridized carbons (Fsp3) is 0.281. The Hall–Kier alpha value is -4.06. The van der Waals surface area contributed by atoms with Crippen LogP contribution in [-0.2, 0) is 23.2 Å². The number of amides is 1. The summed E-state index contributed by atoms with van der Waals surface area (Å²) in [4.78, 5) is 31.1. The Balaban J connectivity index is 1.49. The summed E-state index contributed by atoms with van der Waals surface area (Å²) in [7, 11) is 1.96. The lowest BCUT2D eigenvalue weighted by Crippen LogP contribution is -2.36. The summed E-state index contributed by atoms with van der Waals surface area (Å²) in [5.74, 6) is -1.04. The van der Waals surface area contributed by atoms with Crippen molar-refractivity contribution in [1.82, 2.24) is 9.55 Å². The molecule has 1 amide bonds. The number of rotatable bonds is 7. The van der Waals surface area contributed by atoms with Crippen molar-refractivity contribution in [3.63, 3.8) is 0 Å². The van der Waals surface area contributed by atoms with Crippen molar-refractivity contribution in [2.75, 3.05) is 4.90 Å². The SMILES string of the molecule is [2H]C(c1ccc(-c2ccc3c(c2)ncn3C)cc1)N(C(=O)C1CCCCC1)c1cc(F)cc(/C=C/C(C)=O)c1. The van der Waals surface area contributed by atoms with E-state index in [1.54, 1.807) is 12.4 Å². The van der Waals surface area contributed by atoms with Gasteiger partial charge in [-0.1, -0.05) is 55.7 Å². The average Bonchev–Trinajstić information content (AvgIpc) is 3.32. The zero-order valence-corrected chi connectivity index (χ0v) is 21.7. The predicted molar refractivity (Wildman–Crippen MR) is 150 cm³/mol. The monoisotopic (exact) mass is 510 g/mol. The van der Waals surface area contributed by atoms with Gasteiger partial charge in [-0.05, 0) is 78.4 Å². The fourth-order valence-electron chi connectivity index (χ4n) is 5.08. The summed E-state index contributed by atoms with van der Waals surface area (Å²) < 4.78 is 25.8. The number of halogens is 1. The van der Waals surface area contributed by atoms with Gasteiger partial charge in [0.05, 0.1) is 25.3 Å². The molecule has 6 heteroatoms. The molecule has 5 rings (SSSR count). The highest BCUT2D eigenvalue weighted by molar-refractivity contribution is 5.96. The minimum Gasteiger partial charge on any atom is -0.334 e. The maximum atomic E-state index is 14.7. The minimum absolute atomic E-state index is 0.156. The summed E-state index contributed by atoms with van der Waals surface area (Å²) >= 11 is 0. The highest BCUT2D eigenvalue weighted by Crippen LogP contribution is 2.31. The van der Waals surface area contributed by atoms with Crippen LogP contribution in [0.2, 0.25) is 0 Å². The van der Waals surface area contributed by atoms with Crippen LogP contribution in [-0.4, -0.2) is 21.2 Å². The second-order valence-electron chi connectivity index (χ2n) is 10.0. The molecule has 0 N–H and O–H groups in total. The molecule has 1 aromatic heterocycles. The van der Waals surface area contributed by atoms with E-state index in [1.807, 2.05) is 54.1 Å². The van der Waals surface area contributed by atoms with E-state index >= 15 is 0 Å². The van der Waals surface area contributed by atoms with E-state index in [0.29, 0.717) is 16.8 Å². The molecule has 38 heavy (non-hydrogen) atoms. The summed E-state index contributed by atoms with van der Waals surface area (Å²) in [5, 5.41) is 0. The third-order valence-electron chi connectivity index (χ3n) is 7.13. The van der Waals surface area contributed by atoms with Crippen LogP contribution in [0.4, 0.5) is 10.1 Å². The molecule has 1 fully saturated rings. The van der Waals surface area contributed by atoms with Crippen molar-refractivity contribution in [2.24, 2.45) is 13.0 Å². The molecule has 194 valence electrons. The van der Waals surface area contributed by atoms with Crippen LogP contribution in [0.25, 0.3) is 28.2 Å². The normalized spacial score (nSPS) is 15.5. The molecule has 4 aromatic rings. The van der Waals surface area contributed by atoms with E-state index in [2.05, 4.69) is 4.98 Å². The molecule has 1 unspecified atom stereocenters. The first kappa shape index (κ1) is 24.3. The molecular weight excluding hydrogens is 477 g/mol. The van der Waals surface area contributed by atoms with Gasteiger partial charge in [0.1, 0.15) is 5.82 Å². The number of hydrogen-bond donors (Lipinski definition) is 0. The lowest BCUT2D eigenvalue weighted by Gasteiger charge is -2.30. The number of carbonyl (C=O) groups excluding carboxylic acids is 2. The van der Waals surface area contributed by atoms with Crippen LogP contribution in [0, 0.1) is 11.7 Å². The first-order valence-corrected chi connectivity index (χ1v) is 13.1. The van der Waals surface area contributed by atoms with Gasteiger partial charge in [-0.3, -0.25) is 9.59 Å². The molecule has 1 heterocycles. The Kier molecular flexibility index (Phi) is 7.12. The number of nitrogens with zero attached hydrogens (tertiary/aromatic N) is 3. The zero-order valence-electron chi connectivity index (χ0n) is 22.7. The molecule has 0 saturated heterocycles. The Morgan fingerprint density at radius 3 is 2.53 bits per heavy atom. The minimum atomic E-state index is -1.06. The van der Waals surface area contributed by atoms with Gasteiger partial charge in [-0.15, -0.1) is 0 Å². The smallest absolute Gasteiger partial charge is 0.230 e. The standard InChI is InChI=1S/C32H32FN3O2/c1-22(37)8-9-24-16-28(33)19-29(17-24)36(32(38)26-6-4-3-5-7-26)20-23-10-12-25(13-11-23)27-14-15-31-30(18-27)34-21-35(31)2/h8-19,21,26H,3-7,20H2,1-2H3/b9-8+/i20D. The van der Waals surface area contributed by atoms with Crippen molar-refractivity contribution in [2.45, 2.75) is 45.5 Å². The van der Waals surface area contributed by atoms with Crippen LogP contribution in [0.15, 0.2) is 73.1 Å². The highest BCUT2D eigenvalue weighted by atomic mass is 19.1. The summed E-state index contributed by atoms with van der Waals surface area (Å²) in [5.41, 5.74) is 5.36. The molecule has 0 bridgehead atoms. The van der Waals surface area contributed by atoms with E-state index in [0.717, 1.165) is 54.3 Å². The van der Waals surface area contributed by atoms with Gasteiger partial charge in [-0.2, -0.15) is 0 Å². The molecular formula is C32H32FN3O2. The first-order chi connectivity index (χ1) is 18.8. The molecule has 1 atom stereocenters. The predicted octanol–water partition coefficient (Wildman–Crippen LogP) is 7.10. The Morgan fingerprint density at radius 2 is 1.79 bits per heavy atom. The topological polar surface area (TPSA) is 55.2 Å². The van der Waals surface area contributed by atoms with E-state index in [1.165, 1.54) is 36.1 Å². The molecule has 0 radical (unpaired) electrons. The number of carbonyl (C=O) groups is 2. The molecule has 1 aliphatic rings. The number of fused-ring (bicyclic) bond motifs is 1. The summed E-state index contributed by atoms with van der Waals surface area (Å²) in [6.07, 6.45) is 9.26. The molecule has 0 aliphatic heterocycles. The van der Waals surface area contributed by atoms with E-state index in [9.17, 15) is 14.0 Å². The highest BCUT2D eigenvalue weighted by Gasteiger charge is 2.27. The average molecular weight is 511 g/mol. The van der Waals surface area contributed by atoms with Crippen LogP contribution in [0.5, 0.6) is 0 Å². The number of ketones is 1. The number of benzene rings is 3. The van der Waals surface area contributed by atoms with Gasteiger partial charge in [0.2, 0.25) is 5.91 Å². The molecule has 0 spiro atoms.